The summed E-state index contributed by atoms with van der Waals surface area (Å²) in [6, 6.07) is 12.2. The van der Waals surface area contributed by atoms with E-state index in [0.29, 0.717) is 0 Å². The zero-order chi connectivity index (χ0) is 15.0. The number of halogens is 1. The molecular formula is C17H19ClN2O. The smallest absolute Gasteiger partial charge is 0.135 e. The van der Waals surface area contributed by atoms with Gasteiger partial charge in [-0.25, -0.2) is 0 Å². The molecule has 0 amide bonds. The van der Waals surface area contributed by atoms with Crippen LogP contribution in [0.4, 0.5) is 0 Å². The van der Waals surface area contributed by atoms with Gasteiger partial charge in [0.25, 0.3) is 0 Å². The van der Waals surface area contributed by atoms with Crippen molar-refractivity contribution >= 4 is 28.3 Å². The Balaban J connectivity index is 2.03. The summed E-state index contributed by atoms with van der Waals surface area (Å²) in [5, 5.41) is 4.38. The van der Waals surface area contributed by atoms with Gasteiger partial charge in [-0.3, -0.25) is 15.1 Å². The second-order valence-corrected chi connectivity index (χ2v) is 6.36. The predicted molar refractivity (Wildman–Crippen MR) is 85.5 cm³/mol. The summed E-state index contributed by atoms with van der Waals surface area (Å²) >= 11 is 6.29. The second kappa shape index (κ2) is 5.74. The van der Waals surface area contributed by atoms with E-state index in [2.05, 4.69) is 11.4 Å². The van der Waals surface area contributed by atoms with Crippen molar-refractivity contribution in [2.75, 3.05) is 0 Å². The van der Waals surface area contributed by atoms with Gasteiger partial charge in [0.05, 0.1) is 11.0 Å². The van der Waals surface area contributed by atoms with E-state index in [0.717, 1.165) is 23.0 Å². The molecule has 0 radical (unpaired) electrons. The first-order valence-corrected chi connectivity index (χ1v) is 7.76. The number of nitrogens with zero attached hydrogens (tertiary/aromatic N) is 1. The third kappa shape index (κ3) is 2.81. The van der Waals surface area contributed by atoms with Gasteiger partial charge in [-0.15, -0.1) is 11.6 Å². The SMILES string of the molecule is CC(=O)C1C(C)NC(Cl)CC1c1ccc2ccccc2n1. The minimum Gasteiger partial charge on any atom is -0.300 e. The molecule has 4 unspecified atom stereocenters. The van der Waals surface area contributed by atoms with Crippen LogP contribution in [0.1, 0.15) is 31.9 Å². The molecule has 4 atom stereocenters. The monoisotopic (exact) mass is 302 g/mol. The Morgan fingerprint density at radius 1 is 1.29 bits per heavy atom. The highest BCUT2D eigenvalue weighted by Crippen LogP contribution is 2.36. The Hall–Kier alpha value is -1.45. The number of pyridine rings is 1. The van der Waals surface area contributed by atoms with Crippen LogP contribution in [-0.2, 0) is 4.79 Å². The number of piperidine rings is 1. The fourth-order valence-corrected chi connectivity index (χ4v) is 3.79. The molecule has 1 N–H and O–H groups in total. The normalized spacial score (nSPS) is 29.5. The number of rotatable bonds is 2. The molecule has 1 aliphatic rings. The Bertz CT molecular complexity index is 673. The van der Waals surface area contributed by atoms with Crippen molar-refractivity contribution in [3.05, 3.63) is 42.1 Å². The quantitative estimate of drug-likeness (QED) is 0.682. The average molecular weight is 303 g/mol. The molecule has 21 heavy (non-hydrogen) atoms. The highest BCUT2D eigenvalue weighted by Gasteiger charge is 2.38. The van der Waals surface area contributed by atoms with E-state index in [1.54, 1.807) is 6.92 Å². The van der Waals surface area contributed by atoms with Crippen LogP contribution in [0.2, 0.25) is 0 Å². The minimum absolute atomic E-state index is 0.0667. The van der Waals surface area contributed by atoms with Crippen molar-refractivity contribution in [2.45, 2.75) is 37.7 Å². The number of para-hydroxylation sites is 1. The number of ketones is 1. The van der Waals surface area contributed by atoms with Gasteiger partial charge in [0.2, 0.25) is 0 Å². The number of Topliss-reactive ketones (excluding diaryl/α,β-unsaturated/α-hetero) is 1. The number of benzene rings is 1. The summed E-state index contributed by atoms with van der Waals surface area (Å²) < 4.78 is 0. The summed E-state index contributed by atoms with van der Waals surface area (Å²) in [7, 11) is 0. The van der Waals surface area contributed by atoms with Crippen LogP contribution in [0.25, 0.3) is 10.9 Å². The lowest BCUT2D eigenvalue weighted by Crippen LogP contribution is -2.49. The molecule has 0 bridgehead atoms. The first kappa shape index (κ1) is 14.5. The fourth-order valence-electron chi connectivity index (χ4n) is 3.40. The van der Waals surface area contributed by atoms with Crippen molar-refractivity contribution in [1.29, 1.82) is 0 Å². The van der Waals surface area contributed by atoms with Gasteiger partial charge in [-0.1, -0.05) is 24.3 Å². The van der Waals surface area contributed by atoms with Crippen LogP contribution in [0.15, 0.2) is 36.4 Å². The summed E-state index contributed by atoms with van der Waals surface area (Å²) in [6.45, 7) is 3.68. The number of alkyl halides is 1. The molecule has 2 heterocycles. The van der Waals surface area contributed by atoms with Crippen LogP contribution < -0.4 is 5.32 Å². The lowest BCUT2D eigenvalue weighted by molar-refractivity contribution is -0.123. The highest BCUT2D eigenvalue weighted by atomic mass is 35.5. The first-order valence-electron chi connectivity index (χ1n) is 7.32. The molecule has 1 aromatic heterocycles. The minimum atomic E-state index is -0.117. The number of carbonyl (C=O) groups excluding carboxylic acids is 1. The van der Waals surface area contributed by atoms with Crippen LogP contribution in [0, 0.1) is 5.92 Å². The van der Waals surface area contributed by atoms with E-state index >= 15 is 0 Å². The van der Waals surface area contributed by atoms with Crippen molar-refractivity contribution in [2.24, 2.45) is 5.92 Å². The Labute approximate surface area is 129 Å². The van der Waals surface area contributed by atoms with E-state index in [1.807, 2.05) is 37.3 Å². The van der Waals surface area contributed by atoms with Crippen molar-refractivity contribution < 1.29 is 4.79 Å². The molecule has 0 aliphatic carbocycles. The standard InChI is InChI=1S/C17H19ClN2O/c1-10-17(11(2)21)13(9-16(18)19-10)15-8-7-12-5-3-4-6-14(12)20-15/h3-8,10,13,16-17,19H,9H2,1-2H3. The predicted octanol–water partition coefficient (Wildman–Crippen LogP) is 3.47. The summed E-state index contributed by atoms with van der Waals surface area (Å²) in [5.41, 5.74) is 1.82. The molecule has 0 saturated carbocycles. The third-order valence-corrected chi connectivity index (χ3v) is 4.65. The maximum atomic E-state index is 12.1. The highest BCUT2D eigenvalue weighted by molar-refractivity contribution is 6.20. The van der Waals surface area contributed by atoms with Gasteiger partial charge in [0, 0.05) is 29.0 Å². The fraction of sp³-hybridized carbons (Fsp3) is 0.412. The number of hydrogen-bond acceptors (Lipinski definition) is 3. The number of aromatic nitrogens is 1. The third-order valence-electron chi connectivity index (χ3n) is 4.35. The molecule has 1 fully saturated rings. The van der Waals surface area contributed by atoms with Gasteiger partial charge >= 0.3 is 0 Å². The zero-order valence-electron chi connectivity index (χ0n) is 12.2. The number of nitrogens with one attached hydrogen (secondary N) is 1. The lowest BCUT2D eigenvalue weighted by atomic mass is 9.77. The topological polar surface area (TPSA) is 42.0 Å². The van der Waals surface area contributed by atoms with Crippen molar-refractivity contribution in [1.82, 2.24) is 10.3 Å². The summed E-state index contributed by atoms with van der Waals surface area (Å²) in [6.07, 6.45) is 0.724. The maximum Gasteiger partial charge on any atom is 0.135 e. The zero-order valence-corrected chi connectivity index (χ0v) is 13.0. The van der Waals surface area contributed by atoms with Crippen LogP contribution in [-0.4, -0.2) is 22.3 Å². The second-order valence-electron chi connectivity index (χ2n) is 5.83. The number of hydrogen-bond donors (Lipinski definition) is 1. The summed E-state index contributed by atoms with van der Waals surface area (Å²) in [5.74, 6) is 0.193. The van der Waals surface area contributed by atoms with E-state index in [-0.39, 0.29) is 29.2 Å². The molecular weight excluding hydrogens is 284 g/mol. The number of carbonyl (C=O) groups is 1. The molecule has 4 heteroatoms. The van der Waals surface area contributed by atoms with Crippen molar-refractivity contribution in [3.8, 4) is 0 Å². The van der Waals surface area contributed by atoms with E-state index in [4.69, 9.17) is 16.6 Å². The number of fused-ring (bicyclic) bond motifs is 1. The maximum absolute atomic E-state index is 12.1. The molecule has 1 saturated heterocycles. The first-order chi connectivity index (χ1) is 10.1. The Morgan fingerprint density at radius 3 is 2.81 bits per heavy atom. The lowest BCUT2D eigenvalue weighted by Gasteiger charge is -2.38. The molecule has 110 valence electrons. The van der Waals surface area contributed by atoms with Crippen LogP contribution in [0.3, 0.4) is 0 Å². The Morgan fingerprint density at radius 2 is 2.05 bits per heavy atom. The van der Waals surface area contributed by atoms with E-state index < -0.39 is 0 Å². The average Bonchev–Trinajstić information content (AvgIpc) is 2.45. The molecule has 0 spiro atoms. The van der Waals surface area contributed by atoms with Gasteiger partial charge in [-0.05, 0) is 32.4 Å². The van der Waals surface area contributed by atoms with Crippen LogP contribution in [0.5, 0.6) is 0 Å². The molecule has 1 aliphatic heterocycles. The molecule has 2 aromatic rings. The van der Waals surface area contributed by atoms with E-state index in [9.17, 15) is 4.79 Å². The van der Waals surface area contributed by atoms with Crippen molar-refractivity contribution in [3.63, 3.8) is 0 Å². The van der Waals surface area contributed by atoms with Crippen LogP contribution >= 0.6 is 11.6 Å². The Kier molecular flexibility index (Phi) is 3.96. The summed E-state index contributed by atoms with van der Waals surface area (Å²) in [4.78, 5) is 16.8. The van der Waals surface area contributed by atoms with Gasteiger partial charge in [0.1, 0.15) is 5.78 Å². The van der Waals surface area contributed by atoms with Gasteiger partial charge < -0.3 is 0 Å². The van der Waals surface area contributed by atoms with Gasteiger partial charge in [-0.2, -0.15) is 0 Å². The molecule has 3 nitrogen and oxygen atoms in total. The molecule has 3 rings (SSSR count). The van der Waals surface area contributed by atoms with E-state index in [1.165, 1.54) is 0 Å². The largest absolute Gasteiger partial charge is 0.300 e. The molecule has 1 aromatic carbocycles. The van der Waals surface area contributed by atoms with Gasteiger partial charge in [0.15, 0.2) is 0 Å².